The molecule has 108 valence electrons. The van der Waals surface area contributed by atoms with Crippen LogP contribution in [0.15, 0.2) is 18.2 Å². The molecule has 1 aromatic rings. The first-order chi connectivity index (χ1) is 9.31. The molecule has 0 bridgehead atoms. The summed E-state index contributed by atoms with van der Waals surface area (Å²) in [5, 5.41) is 3.61. The van der Waals surface area contributed by atoms with Crippen LogP contribution in [0.25, 0.3) is 0 Å². The monoisotopic (exact) mass is 314 g/mol. The number of amides is 2. The first-order valence-electron chi connectivity index (χ1n) is 6.41. The van der Waals surface area contributed by atoms with E-state index in [-0.39, 0.29) is 17.7 Å². The Bertz CT molecular complexity index is 540. The summed E-state index contributed by atoms with van der Waals surface area (Å²) in [7, 11) is 0. The molecule has 1 fully saturated rings. The van der Waals surface area contributed by atoms with E-state index in [2.05, 4.69) is 5.32 Å². The van der Waals surface area contributed by atoms with Crippen LogP contribution < -0.4 is 10.2 Å². The van der Waals surface area contributed by atoms with Crippen molar-refractivity contribution in [1.82, 2.24) is 5.32 Å². The van der Waals surface area contributed by atoms with Gasteiger partial charge in [0, 0.05) is 15.7 Å². The van der Waals surface area contributed by atoms with E-state index in [1.54, 1.807) is 25.1 Å². The number of piperazine rings is 1. The molecule has 0 radical (unpaired) electrons. The van der Waals surface area contributed by atoms with Gasteiger partial charge in [0.05, 0.1) is 0 Å². The average molecular weight is 315 g/mol. The number of halogens is 2. The molecule has 1 N–H and O–H groups in total. The number of nitrogens with zero attached hydrogens (tertiary/aromatic N) is 1. The predicted octanol–water partition coefficient (Wildman–Crippen LogP) is 2.87. The van der Waals surface area contributed by atoms with Gasteiger partial charge in [-0.2, -0.15) is 0 Å². The minimum Gasteiger partial charge on any atom is -0.342 e. The molecular formula is C14H16Cl2N2O2. The van der Waals surface area contributed by atoms with Crippen molar-refractivity contribution in [2.45, 2.75) is 32.9 Å². The Labute approximate surface area is 128 Å². The highest BCUT2D eigenvalue weighted by molar-refractivity contribution is 6.35. The number of benzene rings is 1. The summed E-state index contributed by atoms with van der Waals surface area (Å²) in [5.74, 6) is -0.319. The molecule has 2 rings (SSSR count). The zero-order chi connectivity index (χ0) is 15.0. The van der Waals surface area contributed by atoms with Crippen molar-refractivity contribution >= 4 is 40.7 Å². The van der Waals surface area contributed by atoms with Gasteiger partial charge in [0.1, 0.15) is 12.1 Å². The SMILES string of the molecule is CC(C)C1NC(=O)C(C)N(c2cc(Cl)cc(Cl)c2)C1=O. The topological polar surface area (TPSA) is 49.4 Å². The maximum absolute atomic E-state index is 12.6. The smallest absolute Gasteiger partial charge is 0.250 e. The normalized spacial score (nSPS) is 23.2. The van der Waals surface area contributed by atoms with Gasteiger partial charge in [0.25, 0.3) is 5.91 Å². The van der Waals surface area contributed by atoms with E-state index < -0.39 is 12.1 Å². The van der Waals surface area contributed by atoms with Gasteiger partial charge in [0.2, 0.25) is 5.91 Å². The molecule has 1 aliphatic rings. The molecule has 4 nitrogen and oxygen atoms in total. The Morgan fingerprint density at radius 2 is 1.70 bits per heavy atom. The lowest BCUT2D eigenvalue weighted by Gasteiger charge is -2.38. The Morgan fingerprint density at radius 1 is 1.15 bits per heavy atom. The average Bonchev–Trinajstić information content (AvgIpc) is 2.32. The Morgan fingerprint density at radius 3 is 2.20 bits per heavy atom. The summed E-state index contributed by atoms with van der Waals surface area (Å²) in [6, 6.07) is 3.74. The standard InChI is InChI=1S/C14H16Cl2N2O2/c1-7(2)12-14(20)18(8(3)13(19)17-12)11-5-9(15)4-10(16)6-11/h4-8,12H,1-3H3,(H,17,19). The zero-order valence-electron chi connectivity index (χ0n) is 11.5. The first-order valence-corrected chi connectivity index (χ1v) is 7.16. The summed E-state index contributed by atoms with van der Waals surface area (Å²) in [5.41, 5.74) is 0.542. The maximum atomic E-state index is 12.6. The van der Waals surface area contributed by atoms with Crippen molar-refractivity contribution in [1.29, 1.82) is 0 Å². The molecule has 0 saturated carbocycles. The Hall–Kier alpha value is -1.26. The molecule has 1 aromatic carbocycles. The van der Waals surface area contributed by atoms with E-state index >= 15 is 0 Å². The summed E-state index contributed by atoms with van der Waals surface area (Å²) in [4.78, 5) is 26.1. The van der Waals surface area contributed by atoms with Crippen molar-refractivity contribution in [3.8, 4) is 0 Å². The lowest BCUT2D eigenvalue weighted by Crippen LogP contribution is -2.64. The molecule has 0 spiro atoms. The molecule has 0 aliphatic carbocycles. The van der Waals surface area contributed by atoms with Crippen molar-refractivity contribution in [3.63, 3.8) is 0 Å². The van der Waals surface area contributed by atoms with E-state index in [9.17, 15) is 9.59 Å². The highest BCUT2D eigenvalue weighted by Gasteiger charge is 2.40. The van der Waals surface area contributed by atoms with Crippen LogP contribution in [0.3, 0.4) is 0 Å². The maximum Gasteiger partial charge on any atom is 0.250 e. The zero-order valence-corrected chi connectivity index (χ0v) is 13.0. The van der Waals surface area contributed by atoms with Crippen LogP contribution in [0.4, 0.5) is 5.69 Å². The lowest BCUT2D eigenvalue weighted by atomic mass is 9.98. The number of rotatable bonds is 2. The second-order valence-electron chi connectivity index (χ2n) is 5.24. The molecular weight excluding hydrogens is 299 g/mol. The summed E-state index contributed by atoms with van der Waals surface area (Å²) < 4.78 is 0. The van der Waals surface area contributed by atoms with E-state index in [1.807, 2.05) is 13.8 Å². The van der Waals surface area contributed by atoms with E-state index in [0.29, 0.717) is 15.7 Å². The third-order valence-electron chi connectivity index (χ3n) is 3.36. The number of carbonyl (C=O) groups is 2. The van der Waals surface area contributed by atoms with Crippen LogP contribution in [0, 0.1) is 5.92 Å². The molecule has 1 saturated heterocycles. The van der Waals surface area contributed by atoms with Crippen LogP contribution >= 0.6 is 23.2 Å². The Balaban J connectivity index is 2.45. The van der Waals surface area contributed by atoms with Crippen LogP contribution in [0.1, 0.15) is 20.8 Å². The van der Waals surface area contributed by atoms with Gasteiger partial charge in [-0.1, -0.05) is 37.0 Å². The van der Waals surface area contributed by atoms with Gasteiger partial charge >= 0.3 is 0 Å². The van der Waals surface area contributed by atoms with Crippen molar-refractivity contribution in [2.24, 2.45) is 5.92 Å². The van der Waals surface area contributed by atoms with E-state index in [1.165, 1.54) is 4.90 Å². The molecule has 2 unspecified atom stereocenters. The third-order valence-corrected chi connectivity index (χ3v) is 3.80. The van der Waals surface area contributed by atoms with Gasteiger partial charge in [0.15, 0.2) is 0 Å². The van der Waals surface area contributed by atoms with Crippen LogP contribution in [0.5, 0.6) is 0 Å². The lowest BCUT2D eigenvalue weighted by molar-refractivity contribution is -0.134. The highest BCUT2D eigenvalue weighted by Crippen LogP contribution is 2.29. The van der Waals surface area contributed by atoms with Crippen molar-refractivity contribution in [2.75, 3.05) is 4.90 Å². The second-order valence-corrected chi connectivity index (χ2v) is 6.12. The third kappa shape index (κ3) is 2.76. The Kier molecular flexibility index (Phi) is 4.25. The number of hydrogen-bond acceptors (Lipinski definition) is 2. The van der Waals surface area contributed by atoms with Gasteiger partial charge < -0.3 is 5.32 Å². The van der Waals surface area contributed by atoms with Crippen LogP contribution in [0.2, 0.25) is 10.0 Å². The second kappa shape index (κ2) is 5.62. The van der Waals surface area contributed by atoms with Gasteiger partial charge in [-0.15, -0.1) is 0 Å². The molecule has 1 heterocycles. The van der Waals surface area contributed by atoms with Crippen molar-refractivity contribution in [3.05, 3.63) is 28.2 Å². The fourth-order valence-corrected chi connectivity index (χ4v) is 2.79. The van der Waals surface area contributed by atoms with Crippen LogP contribution in [-0.4, -0.2) is 23.9 Å². The largest absolute Gasteiger partial charge is 0.342 e. The van der Waals surface area contributed by atoms with Gasteiger partial charge in [-0.05, 0) is 31.0 Å². The minimum atomic E-state index is -0.591. The molecule has 0 aromatic heterocycles. The number of anilines is 1. The van der Waals surface area contributed by atoms with Crippen molar-refractivity contribution < 1.29 is 9.59 Å². The fraction of sp³-hybridized carbons (Fsp3) is 0.429. The molecule has 1 aliphatic heterocycles. The molecule has 2 amide bonds. The summed E-state index contributed by atoms with van der Waals surface area (Å²) >= 11 is 12.0. The number of nitrogens with one attached hydrogen (secondary N) is 1. The number of carbonyl (C=O) groups excluding carboxylic acids is 2. The summed E-state index contributed by atoms with van der Waals surface area (Å²) in [6.45, 7) is 5.46. The minimum absolute atomic E-state index is 0.0103. The van der Waals surface area contributed by atoms with Crippen LogP contribution in [-0.2, 0) is 9.59 Å². The van der Waals surface area contributed by atoms with E-state index in [0.717, 1.165) is 0 Å². The summed E-state index contributed by atoms with van der Waals surface area (Å²) in [6.07, 6.45) is 0. The number of hydrogen-bond donors (Lipinski definition) is 1. The van der Waals surface area contributed by atoms with E-state index in [4.69, 9.17) is 23.2 Å². The first kappa shape index (κ1) is 15.1. The quantitative estimate of drug-likeness (QED) is 0.912. The van der Waals surface area contributed by atoms with Gasteiger partial charge in [-0.3, -0.25) is 14.5 Å². The predicted molar refractivity (Wildman–Crippen MR) is 80.2 cm³/mol. The fourth-order valence-electron chi connectivity index (χ4n) is 2.27. The molecule has 20 heavy (non-hydrogen) atoms. The van der Waals surface area contributed by atoms with Gasteiger partial charge in [-0.25, -0.2) is 0 Å². The molecule has 6 heteroatoms. The highest BCUT2D eigenvalue weighted by atomic mass is 35.5. The molecule has 2 atom stereocenters.